The number of carbonyl (C=O) groups excluding carboxylic acids is 3. The number of nitrogens with zero attached hydrogens (tertiary/aromatic N) is 9. The zero-order valence-electron chi connectivity index (χ0n) is 53.2. The number of nitrogens with one attached hydrogen (secondary N) is 3. The van der Waals surface area contributed by atoms with Crippen molar-refractivity contribution in [3.63, 3.8) is 0 Å². The summed E-state index contributed by atoms with van der Waals surface area (Å²) in [4.78, 5) is 122. The van der Waals surface area contributed by atoms with Crippen LogP contribution in [-0.2, 0) is 0 Å². The van der Waals surface area contributed by atoms with Gasteiger partial charge in [-0.05, 0) is 167 Å². The van der Waals surface area contributed by atoms with Gasteiger partial charge in [-0.3, -0.25) is 43.7 Å². The lowest BCUT2D eigenvalue weighted by Gasteiger charge is -2.27. The maximum atomic E-state index is 13.3. The number of hydrogen-bond acceptors (Lipinski definition) is 18. The molecule has 534 valence electrons. The maximum absolute atomic E-state index is 13.3. The number of aromatic nitrogens is 9. The van der Waals surface area contributed by atoms with Gasteiger partial charge in [-0.15, -0.1) is 15.3 Å². The second kappa shape index (κ2) is 29.6. The lowest BCUT2D eigenvalue weighted by Crippen LogP contribution is -2.37. The Hall–Kier alpha value is -9.03. The molecule has 3 aliphatic heterocycles. The Bertz CT molecular complexity index is 5070. The van der Waals surface area contributed by atoms with Crippen LogP contribution in [0.3, 0.4) is 0 Å². The Morgan fingerprint density at radius 1 is 0.408 bits per heavy atom. The molecule has 9 aromatic rings. The van der Waals surface area contributed by atoms with Gasteiger partial charge in [0.15, 0.2) is 17.2 Å². The highest BCUT2D eigenvalue weighted by Gasteiger charge is 2.44. The number of phenolic OH excluding ortho intramolecular Hbond substituents is 2. The van der Waals surface area contributed by atoms with Crippen LogP contribution >= 0.6 is 104 Å². The minimum absolute atomic E-state index is 0.0383. The first kappa shape index (κ1) is 72.3. The number of aromatic amines is 3. The summed E-state index contributed by atoms with van der Waals surface area (Å²) in [6, 6.07) is 22.4. The van der Waals surface area contributed by atoms with Crippen molar-refractivity contribution in [3.8, 4) is 68.8 Å². The third-order valence-electron chi connectivity index (χ3n) is 18.5. The Labute approximate surface area is 625 Å². The van der Waals surface area contributed by atoms with Crippen molar-refractivity contribution in [1.29, 1.82) is 0 Å². The smallest absolute Gasteiger partial charge is 0.349 e. The molecule has 0 spiro atoms. The monoisotopic (exact) mass is 1580 g/mol. The third-order valence-corrected chi connectivity index (χ3v) is 20.9. The van der Waals surface area contributed by atoms with E-state index in [4.69, 9.17) is 123 Å². The van der Waals surface area contributed by atoms with Gasteiger partial charge in [0.2, 0.25) is 15.5 Å². The summed E-state index contributed by atoms with van der Waals surface area (Å²) in [6.45, 7) is 2.13. The van der Waals surface area contributed by atoms with Gasteiger partial charge in [0, 0.05) is 37.8 Å². The molecule has 27 nitrogen and oxygen atoms in total. The van der Waals surface area contributed by atoms with Gasteiger partial charge in [0.1, 0.15) is 34.5 Å². The van der Waals surface area contributed by atoms with E-state index in [0.29, 0.717) is 47.9 Å². The van der Waals surface area contributed by atoms with Crippen LogP contribution in [0.5, 0.6) is 51.7 Å². The van der Waals surface area contributed by atoms with Gasteiger partial charge in [0.25, 0.3) is 34.4 Å². The van der Waals surface area contributed by atoms with Crippen LogP contribution in [0.15, 0.2) is 120 Å². The quantitative estimate of drug-likeness (QED) is 0.0716. The molecule has 6 bridgehead atoms. The Kier molecular flexibility index (Phi) is 20.8. The van der Waals surface area contributed by atoms with Crippen molar-refractivity contribution in [2.45, 2.75) is 75.9 Å². The largest absolute Gasteiger partial charge is 0.507 e. The average molecular weight is 1590 g/mol. The Morgan fingerprint density at radius 3 is 0.961 bits per heavy atom. The van der Waals surface area contributed by atoms with Crippen molar-refractivity contribution < 1.29 is 43.5 Å². The zero-order chi connectivity index (χ0) is 73.1. The third kappa shape index (κ3) is 14.9. The SMILES string of the molecule is COc1ccc(Oc2c(Cl)cc(-n3nc(Cl)c(=O)[nH]c3=O)cc2Cl)cc1C(=O)N1CC2CCC1C2.O=C(c1cc(Oc2c(Cl)cc(-n3nc(Cl)c(=O)[nH]c3=O)cc2Cl)ccc1O)N1C[C@@H]2CC[C@H]1C2.O=C(c1cc(Oc2c(Cl)cc(-n3nc(Cl)c(=O)[nH]c3=O)cc2Cl)ccc1O)N1C[C@H]2CC[C@@H]1C2. The number of benzene rings is 6. The van der Waals surface area contributed by atoms with E-state index in [1.807, 2.05) is 24.7 Å². The van der Waals surface area contributed by atoms with E-state index in [-0.39, 0.29) is 134 Å². The highest BCUT2D eigenvalue weighted by Crippen LogP contribution is 2.46. The topological polar surface area (TPSA) is 342 Å². The summed E-state index contributed by atoms with van der Waals surface area (Å²) in [5.74, 6) is 2.22. The lowest BCUT2D eigenvalue weighted by molar-refractivity contribution is 0.0692. The number of likely N-dealkylation sites (tertiary alicyclic amines) is 3. The number of methoxy groups -OCH3 is 1. The molecule has 3 saturated heterocycles. The number of rotatable bonds is 13. The number of ether oxygens (including phenoxy) is 4. The van der Waals surface area contributed by atoms with Gasteiger partial charge in [-0.1, -0.05) is 104 Å². The van der Waals surface area contributed by atoms with E-state index in [1.54, 1.807) is 18.2 Å². The van der Waals surface area contributed by atoms with E-state index >= 15 is 0 Å². The molecule has 5 N–H and O–H groups in total. The van der Waals surface area contributed by atoms with Crippen LogP contribution in [0.1, 0.15) is 88.9 Å². The molecule has 3 aromatic heterocycles. The summed E-state index contributed by atoms with van der Waals surface area (Å²) < 4.78 is 25.6. The molecule has 6 fully saturated rings. The molecule has 6 aliphatic rings. The number of phenols is 2. The number of amides is 3. The summed E-state index contributed by atoms with van der Waals surface area (Å²) in [6.07, 6.45) is 9.43. The maximum Gasteiger partial charge on any atom is 0.349 e. The number of H-pyrrole nitrogens is 3. The average Bonchev–Trinajstić information content (AvgIpc) is 1.76. The van der Waals surface area contributed by atoms with Crippen LogP contribution in [0.25, 0.3) is 17.1 Å². The number of fused-ring (bicyclic) bond motifs is 6. The first-order valence-electron chi connectivity index (χ1n) is 31.6. The number of aromatic hydroxyl groups is 2. The molecule has 103 heavy (non-hydrogen) atoms. The van der Waals surface area contributed by atoms with Crippen LogP contribution in [0.4, 0.5) is 0 Å². The minimum Gasteiger partial charge on any atom is -0.507 e. The van der Waals surface area contributed by atoms with E-state index < -0.39 is 49.2 Å². The number of carbonyl (C=O) groups is 3. The molecular formula is C67H53Cl9N12O15. The van der Waals surface area contributed by atoms with Crippen LogP contribution in [0.2, 0.25) is 45.6 Å². The molecule has 3 aliphatic carbocycles. The van der Waals surface area contributed by atoms with Gasteiger partial charge >= 0.3 is 17.1 Å². The van der Waals surface area contributed by atoms with E-state index in [0.717, 1.165) is 78.4 Å². The molecule has 6 atom stereocenters. The van der Waals surface area contributed by atoms with Gasteiger partial charge in [-0.2, -0.15) is 14.0 Å². The van der Waals surface area contributed by atoms with Gasteiger partial charge in [-0.25, -0.2) is 14.4 Å². The summed E-state index contributed by atoms with van der Waals surface area (Å²) >= 11 is 55.4. The van der Waals surface area contributed by atoms with Crippen molar-refractivity contribution in [1.82, 2.24) is 59.0 Å². The summed E-state index contributed by atoms with van der Waals surface area (Å²) in [5.41, 5.74) is -3.79. The van der Waals surface area contributed by atoms with E-state index in [9.17, 15) is 53.4 Å². The predicted molar refractivity (Wildman–Crippen MR) is 382 cm³/mol. The zero-order valence-corrected chi connectivity index (χ0v) is 60.0. The standard InChI is InChI=1S/C23H19Cl3N4O5.2C22H17Cl3N4O5/c1-34-18-5-4-14(9-15(18)22(32)29-10-11-2-3-12(29)6-11)35-19-16(24)7-13(8-17(19)25)30-23(33)27-21(31)20(26)28-30;2*23-15-6-12(29-22(33)26-20(31)19(25)27-29)7-16(24)18(15)34-13-3-4-17(30)14(8-13)21(32)28-9-10-1-2-11(28)5-10/h4-5,7-9,11-12H,2-3,6,10H2,1H3,(H,27,31,33);2*3-4,6-8,10-11,30H,1-2,5,9H2,(H,26,31,33)/t;2*10-,11+/m.10/s1. The molecule has 3 saturated carbocycles. The molecule has 0 radical (unpaired) electrons. The van der Waals surface area contributed by atoms with E-state index in [2.05, 4.69) is 20.3 Å². The normalized spacial score (nSPS) is 18.9. The molecule has 6 aromatic carbocycles. The summed E-state index contributed by atoms with van der Waals surface area (Å²) in [7, 11) is 1.51. The number of hydrogen-bond donors (Lipinski definition) is 5. The van der Waals surface area contributed by atoms with Crippen LogP contribution in [0, 0.1) is 17.8 Å². The Balaban J connectivity index is 0.000000138. The highest BCUT2D eigenvalue weighted by molar-refractivity contribution is 6.39. The van der Waals surface area contributed by atoms with Gasteiger partial charge < -0.3 is 43.9 Å². The fourth-order valence-electron chi connectivity index (χ4n) is 13.7. The van der Waals surface area contributed by atoms with E-state index in [1.165, 1.54) is 79.9 Å². The fraction of sp³-hybridized carbons (Fsp3) is 0.284. The number of halogens is 9. The van der Waals surface area contributed by atoms with Crippen molar-refractivity contribution in [3.05, 3.63) is 216 Å². The Morgan fingerprint density at radius 2 is 0.689 bits per heavy atom. The first-order chi connectivity index (χ1) is 49.2. The van der Waals surface area contributed by atoms with Crippen molar-refractivity contribution in [2.24, 2.45) is 17.8 Å². The van der Waals surface area contributed by atoms with Crippen LogP contribution in [-0.4, -0.2) is 132 Å². The molecule has 36 heteroatoms. The van der Waals surface area contributed by atoms with Crippen molar-refractivity contribution >= 4 is 122 Å². The highest BCUT2D eigenvalue weighted by atomic mass is 35.5. The summed E-state index contributed by atoms with van der Waals surface area (Å²) in [5, 5.41) is 30.9. The second-order valence-electron chi connectivity index (χ2n) is 25.0. The molecule has 15 rings (SSSR count). The van der Waals surface area contributed by atoms with Crippen LogP contribution < -0.4 is 52.7 Å². The fourth-order valence-corrected chi connectivity index (χ4v) is 15.7. The first-order valence-corrected chi connectivity index (χ1v) is 35.0. The molecular weight excluding hydrogens is 1530 g/mol. The second-order valence-corrected chi connectivity index (χ2v) is 28.5. The number of piperidine rings is 3. The minimum atomic E-state index is -0.826. The molecule has 6 heterocycles. The lowest BCUT2D eigenvalue weighted by atomic mass is 10.1. The molecule has 2 unspecified atom stereocenters. The predicted octanol–water partition coefficient (Wildman–Crippen LogP) is 12.3. The molecule has 3 amide bonds. The van der Waals surface area contributed by atoms with Crippen molar-refractivity contribution in [2.75, 3.05) is 26.7 Å². The van der Waals surface area contributed by atoms with Gasteiger partial charge in [0.05, 0.1) is 71.0 Å².